The molecule has 4 rings (SSSR count). The summed E-state index contributed by atoms with van der Waals surface area (Å²) in [5.74, 6) is 1.58. The molecule has 0 amide bonds. The van der Waals surface area contributed by atoms with Crippen molar-refractivity contribution in [2.75, 3.05) is 10.2 Å². The Morgan fingerprint density at radius 2 is 1.76 bits per heavy atom. The zero-order valence-electron chi connectivity index (χ0n) is 17.4. The predicted octanol–water partition coefficient (Wildman–Crippen LogP) is 6.20. The summed E-state index contributed by atoms with van der Waals surface area (Å²) >= 11 is 0. The Morgan fingerprint density at radius 1 is 1.00 bits per heavy atom. The van der Waals surface area contributed by atoms with E-state index in [-0.39, 0.29) is 6.04 Å². The molecule has 4 nitrogen and oxygen atoms in total. The number of nitrogens with one attached hydrogen (secondary N) is 1. The van der Waals surface area contributed by atoms with Gasteiger partial charge in [0.25, 0.3) is 0 Å². The average molecular weight is 385 g/mol. The number of para-hydroxylation sites is 1. The van der Waals surface area contributed by atoms with Crippen molar-refractivity contribution >= 4 is 17.5 Å². The van der Waals surface area contributed by atoms with Crippen LogP contribution in [0.2, 0.25) is 0 Å². The maximum Gasteiger partial charge on any atom is 0.225 e. The van der Waals surface area contributed by atoms with Crippen LogP contribution in [-0.4, -0.2) is 9.97 Å². The standard InChI is InChI=1S/C25H28N4/c1-4-22-16-24(28-25(27-22)26-19(3)20-10-6-5-7-11-20)29-17-18(2)14-15-21-12-8-9-13-23(21)29/h5-13,16-17,19H,4,14-15H2,1-3H3,(H,26,27,28)/t19-/m0/s1. The van der Waals surface area contributed by atoms with E-state index in [1.165, 1.54) is 22.4 Å². The minimum Gasteiger partial charge on any atom is -0.348 e. The van der Waals surface area contributed by atoms with Gasteiger partial charge in [-0.1, -0.05) is 61.0 Å². The highest BCUT2D eigenvalue weighted by Gasteiger charge is 2.18. The number of fused-ring (bicyclic) bond motifs is 1. The molecule has 0 bridgehead atoms. The lowest BCUT2D eigenvalue weighted by atomic mass is 10.1. The van der Waals surface area contributed by atoms with Crippen LogP contribution >= 0.6 is 0 Å². The number of anilines is 3. The van der Waals surface area contributed by atoms with E-state index in [0.717, 1.165) is 30.8 Å². The summed E-state index contributed by atoms with van der Waals surface area (Å²) < 4.78 is 0. The van der Waals surface area contributed by atoms with Gasteiger partial charge in [-0.2, -0.15) is 4.98 Å². The number of aromatic nitrogens is 2. The molecule has 148 valence electrons. The van der Waals surface area contributed by atoms with Gasteiger partial charge in [-0.3, -0.25) is 0 Å². The fourth-order valence-corrected chi connectivity index (χ4v) is 3.70. The van der Waals surface area contributed by atoms with Gasteiger partial charge in [0.05, 0.1) is 11.7 Å². The fourth-order valence-electron chi connectivity index (χ4n) is 3.70. The van der Waals surface area contributed by atoms with Crippen LogP contribution in [0.15, 0.2) is 72.4 Å². The van der Waals surface area contributed by atoms with Crippen molar-refractivity contribution in [3.8, 4) is 0 Å². The topological polar surface area (TPSA) is 41.1 Å². The number of allylic oxidation sites excluding steroid dienone is 1. The van der Waals surface area contributed by atoms with Crippen LogP contribution in [0.3, 0.4) is 0 Å². The van der Waals surface area contributed by atoms with Crippen LogP contribution in [0, 0.1) is 0 Å². The molecule has 2 aromatic carbocycles. The Labute approximate surface area is 173 Å². The largest absolute Gasteiger partial charge is 0.348 e. The van der Waals surface area contributed by atoms with Crippen molar-refractivity contribution in [3.05, 3.63) is 89.3 Å². The van der Waals surface area contributed by atoms with Crippen LogP contribution in [0.5, 0.6) is 0 Å². The smallest absolute Gasteiger partial charge is 0.225 e. The second kappa shape index (κ2) is 8.48. The molecule has 29 heavy (non-hydrogen) atoms. The van der Waals surface area contributed by atoms with Crippen LogP contribution in [0.1, 0.15) is 50.1 Å². The van der Waals surface area contributed by atoms with Crippen molar-refractivity contribution < 1.29 is 0 Å². The number of benzene rings is 2. The SMILES string of the molecule is CCc1cc(N2C=C(C)CCc3ccccc32)nc(N[C@@H](C)c2ccccc2)n1. The Balaban J connectivity index is 1.72. The third-order valence-electron chi connectivity index (χ3n) is 5.41. The van der Waals surface area contributed by atoms with E-state index >= 15 is 0 Å². The van der Waals surface area contributed by atoms with Gasteiger partial charge in [0.2, 0.25) is 5.95 Å². The first-order chi connectivity index (χ1) is 14.1. The van der Waals surface area contributed by atoms with Crippen molar-refractivity contribution in [3.63, 3.8) is 0 Å². The van der Waals surface area contributed by atoms with Crippen molar-refractivity contribution in [1.82, 2.24) is 9.97 Å². The second-order valence-corrected chi connectivity index (χ2v) is 7.65. The van der Waals surface area contributed by atoms with Crippen molar-refractivity contribution in [1.29, 1.82) is 0 Å². The van der Waals surface area contributed by atoms with E-state index in [2.05, 4.69) is 91.8 Å². The Morgan fingerprint density at radius 3 is 2.55 bits per heavy atom. The third kappa shape index (κ3) is 4.32. The lowest BCUT2D eigenvalue weighted by molar-refractivity contribution is 0.850. The summed E-state index contributed by atoms with van der Waals surface area (Å²) in [5.41, 5.74) is 6.16. The van der Waals surface area contributed by atoms with Crippen LogP contribution in [0.25, 0.3) is 0 Å². The van der Waals surface area contributed by atoms with Crippen molar-refractivity contribution in [2.45, 2.75) is 46.1 Å². The normalized spacial score (nSPS) is 14.6. The van der Waals surface area contributed by atoms with Crippen LogP contribution < -0.4 is 10.2 Å². The molecule has 4 heteroatoms. The van der Waals surface area contributed by atoms with Gasteiger partial charge in [0.1, 0.15) is 5.82 Å². The van der Waals surface area contributed by atoms with Crippen LogP contribution in [0.4, 0.5) is 17.5 Å². The first-order valence-electron chi connectivity index (χ1n) is 10.4. The van der Waals surface area contributed by atoms with Gasteiger partial charge in [0, 0.05) is 18.0 Å². The van der Waals surface area contributed by atoms with Gasteiger partial charge < -0.3 is 10.2 Å². The summed E-state index contributed by atoms with van der Waals surface area (Å²) in [4.78, 5) is 11.9. The molecular weight excluding hydrogens is 356 g/mol. The maximum absolute atomic E-state index is 4.90. The summed E-state index contributed by atoms with van der Waals surface area (Å²) in [5, 5.41) is 3.49. The molecule has 1 aliphatic heterocycles. The minimum atomic E-state index is 0.129. The molecule has 0 radical (unpaired) electrons. The highest BCUT2D eigenvalue weighted by molar-refractivity contribution is 5.68. The van der Waals surface area contributed by atoms with E-state index in [0.29, 0.717) is 5.95 Å². The summed E-state index contributed by atoms with van der Waals surface area (Å²) in [6, 6.07) is 21.2. The molecular formula is C25H28N4. The Bertz CT molecular complexity index is 1010. The molecule has 0 saturated heterocycles. The number of aryl methyl sites for hydroxylation is 2. The molecule has 1 N–H and O–H groups in total. The van der Waals surface area contributed by atoms with E-state index < -0.39 is 0 Å². The molecule has 1 atom stereocenters. The molecule has 0 fully saturated rings. The summed E-state index contributed by atoms with van der Waals surface area (Å²) in [7, 11) is 0. The Hall–Kier alpha value is -3.14. The molecule has 1 aliphatic rings. The van der Waals surface area contributed by atoms with E-state index in [4.69, 9.17) is 9.97 Å². The number of rotatable bonds is 5. The molecule has 0 unspecified atom stereocenters. The second-order valence-electron chi connectivity index (χ2n) is 7.65. The van der Waals surface area contributed by atoms with E-state index in [9.17, 15) is 0 Å². The lowest BCUT2D eigenvalue weighted by Gasteiger charge is -2.23. The van der Waals surface area contributed by atoms with E-state index in [1.807, 2.05) is 6.07 Å². The molecule has 0 spiro atoms. The maximum atomic E-state index is 4.90. The van der Waals surface area contributed by atoms with Gasteiger partial charge in [-0.05, 0) is 50.3 Å². The lowest BCUT2D eigenvalue weighted by Crippen LogP contribution is -2.16. The minimum absolute atomic E-state index is 0.129. The zero-order chi connectivity index (χ0) is 20.2. The van der Waals surface area contributed by atoms with Gasteiger partial charge >= 0.3 is 0 Å². The zero-order valence-corrected chi connectivity index (χ0v) is 17.4. The number of nitrogens with zero attached hydrogens (tertiary/aromatic N) is 3. The highest BCUT2D eigenvalue weighted by Crippen LogP contribution is 2.33. The van der Waals surface area contributed by atoms with Gasteiger partial charge in [-0.15, -0.1) is 0 Å². The van der Waals surface area contributed by atoms with Gasteiger partial charge in [0.15, 0.2) is 0 Å². The number of hydrogen-bond acceptors (Lipinski definition) is 4. The third-order valence-corrected chi connectivity index (χ3v) is 5.41. The summed E-state index contributed by atoms with van der Waals surface area (Å²) in [6.45, 7) is 6.47. The molecule has 0 aliphatic carbocycles. The average Bonchev–Trinajstić information content (AvgIpc) is 2.93. The Kier molecular flexibility index (Phi) is 5.61. The van der Waals surface area contributed by atoms with Crippen molar-refractivity contribution in [2.24, 2.45) is 0 Å². The molecule has 3 aromatic rings. The van der Waals surface area contributed by atoms with Crippen LogP contribution in [-0.2, 0) is 12.8 Å². The predicted molar refractivity (Wildman–Crippen MR) is 121 cm³/mol. The quantitative estimate of drug-likeness (QED) is 0.568. The van der Waals surface area contributed by atoms with Gasteiger partial charge in [-0.25, -0.2) is 4.98 Å². The molecule has 1 aromatic heterocycles. The van der Waals surface area contributed by atoms with E-state index in [1.54, 1.807) is 0 Å². The highest BCUT2D eigenvalue weighted by atomic mass is 15.2. The summed E-state index contributed by atoms with van der Waals surface area (Å²) in [6.07, 6.45) is 5.20. The number of hydrogen-bond donors (Lipinski definition) is 1. The molecule has 2 heterocycles. The first kappa shape index (κ1) is 19.2. The first-order valence-corrected chi connectivity index (χ1v) is 10.4. The fraction of sp³-hybridized carbons (Fsp3) is 0.280. The monoisotopic (exact) mass is 384 g/mol. The molecule has 0 saturated carbocycles.